The van der Waals surface area contributed by atoms with E-state index in [1.54, 1.807) is 22.9 Å². The van der Waals surface area contributed by atoms with Crippen LogP contribution in [0.3, 0.4) is 0 Å². The predicted octanol–water partition coefficient (Wildman–Crippen LogP) is 0.177. The number of aromatic nitrogens is 4. The van der Waals surface area contributed by atoms with Gasteiger partial charge in [-0.2, -0.15) is 9.61 Å². The first-order valence-electron chi connectivity index (χ1n) is 7.80. The van der Waals surface area contributed by atoms with Crippen molar-refractivity contribution in [3.8, 4) is 5.88 Å². The Morgan fingerprint density at radius 3 is 3.08 bits per heavy atom. The van der Waals surface area contributed by atoms with E-state index in [0.29, 0.717) is 27.0 Å². The topological polar surface area (TPSA) is 108 Å². The van der Waals surface area contributed by atoms with Crippen LogP contribution in [-0.4, -0.2) is 43.9 Å². The third-order valence-electron chi connectivity index (χ3n) is 3.69. The summed E-state index contributed by atoms with van der Waals surface area (Å²) in [5.74, 6) is 0.315. The van der Waals surface area contributed by atoms with Gasteiger partial charge in [0.15, 0.2) is 11.1 Å². The first-order chi connectivity index (χ1) is 12.1. The van der Waals surface area contributed by atoms with Crippen LogP contribution in [0.1, 0.15) is 17.7 Å². The van der Waals surface area contributed by atoms with Crippen molar-refractivity contribution in [2.45, 2.75) is 18.9 Å². The van der Waals surface area contributed by atoms with Gasteiger partial charge in [-0.3, -0.25) is 14.8 Å². The van der Waals surface area contributed by atoms with E-state index in [2.05, 4.69) is 25.4 Å². The van der Waals surface area contributed by atoms with E-state index >= 15 is 0 Å². The summed E-state index contributed by atoms with van der Waals surface area (Å²) < 4.78 is 14.1. The van der Waals surface area contributed by atoms with Crippen molar-refractivity contribution < 1.29 is 9.50 Å². The van der Waals surface area contributed by atoms with E-state index in [-0.39, 0.29) is 23.3 Å². The molecule has 1 aliphatic rings. The molecule has 3 aromatic heterocycles. The maximum absolute atomic E-state index is 12.5. The van der Waals surface area contributed by atoms with Gasteiger partial charge in [0.1, 0.15) is 12.5 Å². The number of hydrogen-bond donors (Lipinski definition) is 3. The highest BCUT2D eigenvalue weighted by atomic mass is 32.1. The van der Waals surface area contributed by atoms with Gasteiger partial charge in [-0.15, -0.1) is 0 Å². The minimum atomic E-state index is -0.509. The molecule has 8 nitrogen and oxygen atoms in total. The molecule has 0 radical (unpaired) electrons. The molecule has 1 saturated carbocycles. The fraction of sp³-hybridized carbons (Fsp3) is 0.333. The van der Waals surface area contributed by atoms with Gasteiger partial charge in [-0.05, 0) is 18.9 Å². The normalized spacial score (nSPS) is 16.0. The molecule has 0 bridgehead atoms. The number of fused-ring (bicyclic) bond motifs is 1. The Morgan fingerprint density at radius 2 is 2.40 bits per heavy atom. The average molecular weight is 362 g/mol. The van der Waals surface area contributed by atoms with Crippen LogP contribution in [0, 0.1) is 0 Å². The van der Waals surface area contributed by atoms with Crippen LogP contribution in [-0.2, 0) is 0 Å². The second-order valence-electron chi connectivity index (χ2n) is 5.68. The first kappa shape index (κ1) is 15.8. The van der Waals surface area contributed by atoms with Crippen LogP contribution in [0.25, 0.3) is 11.7 Å². The van der Waals surface area contributed by atoms with E-state index in [9.17, 15) is 14.3 Å². The Labute approximate surface area is 144 Å². The number of rotatable bonds is 5. The van der Waals surface area contributed by atoms with Crippen molar-refractivity contribution in [1.29, 1.82) is 0 Å². The van der Waals surface area contributed by atoms with E-state index in [1.165, 1.54) is 0 Å². The van der Waals surface area contributed by atoms with Gasteiger partial charge in [-0.1, -0.05) is 11.3 Å². The summed E-state index contributed by atoms with van der Waals surface area (Å²) >= 11 is 0.894. The summed E-state index contributed by atoms with van der Waals surface area (Å²) in [7, 11) is 0. The molecule has 1 fully saturated rings. The summed E-state index contributed by atoms with van der Waals surface area (Å²) in [6.45, 7) is -0.356. The molecular weight excluding hydrogens is 347 g/mol. The van der Waals surface area contributed by atoms with Gasteiger partial charge in [0.05, 0.1) is 17.1 Å². The molecule has 25 heavy (non-hydrogen) atoms. The number of nitrogens with one attached hydrogen (secondary N) is 2. The molecule has 0 unspecified atom stereocenters. The molecule has 4 rings (SSSR count). The first-order valence-corrected chi connectivity index (χ1v) is 8.62. The van der Waals surface area contributed by atoms with Crippen molar-refractivity contribution in [2.24, 2.45) is 4.99 Å². The molecule has 0 aromatic carbocycles. The summed E-state index contributed by atoms with van der Waals surface area (Å²) in [5, 5.41) is 17.6. The fourth-order valence-electron chi connectivity index (χ4n) is 2.39. The van der Waals surface area contributed by atoms with Gasteiger partial charge in [-0.25, -0.2) is 9.37 Å². The smallest absolute Gasteiger partial charge is 0.307 e. The molecule has 3 N–H and O–H groups in total. The van der Waals surface area contributed by atoms with Crippen molar-refractivity contribution in [3.05, 3.63) is 37.5 Å². The molecule has 3 heterocycles. The lowest BCUT2D eigenvalue weighted by molar-refractivity contribution is 0.455. The van der Waals surface area contributed by atoms with Crippen molar-refractivity contribution in [3.63, 3.8) is 0 Å². The number of nitrogens with zero attached hydrogens (tertiary/aromatic N) is 4. The number of halogens is 1. The van der Waals surface area contributed by atoms with Crippen molar-refractivity contribution in [1.82, 2.24) is 19.6 Å². The zero-order valence-electron chi connectivity index (χ0n) is 13.1. The standard InChI is InChI=1S/C15H15FN6O2S/c16-3-4-17-11-6-12(19-9-1-2-9)22-13(20-11)8(7-18-22)5-10-14(23)21-15(24)25-10/h5-7,9,17,23H,1-4H2,(H,21,24)/b8-5+,19-12?. The molecule has 1 aliphatic carbocycles. The minimum Gasteiger partial charge on any atom is -0.493 e. The third-order valence-corrected chi connectivity index (χ3v) is 4.50. The summed E-state index contributed by atoms with van der Waals surface area (Å²) in [4.78, 5) is 22.8. The summed E-state index contributed by atoms with van der Waals surface area (Å²) in [5.41, 5.74) is 1.16. The lowest BCUT2D eigenvalue weighted by atomic mass is 10.4. The average Bonchev–Trinajstić information content (AvgIpc) is 3.22. The Bertz CT molecular complexity index is 1100. The molecule has 0 atom stereocenters. The van der Waals surface area contributed by atoms with Crippen LogP contribution in [0.4, 0.5) is 10.2 Å². The number of alkyl halides is 1. The maximum atomic E-state index is 12.5. The van der Waals surface area contributed by atoms with Crippen LogP contribution in [0.2, 0.25) is 0 Å². The van der Waals surface area contributed by atoms with Gasteiger partial charge in [0.2, 0.25) is 5.88 Å². The highest BCUT2D eigenvalue weighted by Crippen LogP contribution is 2.22. The van der Waals surface area contributed by atoms with Crippen LogP contribution in [0.5, 0.6) is 5.88 Å². The predicted molar refractivity (Wildman–Crippen MR) is 91.4 cm³/mol. The molecule has 0 spiro atoms. The molecule has 0 saturated heterocycles. The SMILES string of the molecule is O=c1[nH]c(O)c(/C=c2\cnn3c(=NC4CC4)cc(NCCF)nc23)s1. The van der Waals surface area contributed by atoms with Gasteiger partial charge in [0, 0.05) is 17.8 Å². The van der Waals surface area contributed by atoms with Crippen LogP contribution >= 0.6 is 11.3 Å². The van der Waals surface area contributed by atoms with Gasteiger partial charge in [0.25, 0.3) is 0 Å². The number of hydrogen-bond acceptors (Lipinski definition) is 7. The second-order valence-corrected chi connectivity index (χ2v) is 6.70. The van der Waals surface area contributed by atoms with Gasteiger partial charge >= 0.3 is 4.87 Å². The Morgan fingerprint density at radius 1 is 1.56 bits per heavy atom. The van der Waals surface area contributed by atoms with E-state index in [1.807, 2.05) is 0 Å². The number of aromatic hydroxyl groups is 1. The zero-order valence-corrected chi connectivity index (χ0v) is 13.9. The lowest BCUT2D eigenvalue weighted by Crippen LogP contribution is -2.20. The molecular formula is C15H15FN6O2S. The largest absolute Gasteiger partial charge is 0.493 e. The van der Waals surface area contributed by atoms with Crippen molar-refractivity contribution >= 4 is 28.9 Å². The fourth-order valence-corrected chi connectivity index (χ4v) is 3.07. The quantitative estimate of drug-likeness (QED) is 0.600. The number of H-pyrrole nitrogens is 1. The highest BCUT2D eigenvalue weighted by Gasteiger charge is 2.20. The van der Waals surface area contributed by atoms with E-state index in [0.717, 1.165) is 24.2 Å². The Hall–Kier alpha value is -2.75. The van der Waals surface area contributed by atoms with Crippen LogP contribution in [0.15, 0.2) is 22.1 Å². The monoisotopic (exact) mass is 362 g/mol. The maximum Gasteiger partial charge on any atom is 0.307 e. The molecule has 10 heteroatoms. The van der Waals surface area contributed by atoms with Crippen LogP contribution < -0.4 is 20.9 Å². The number of aromatic amines is 1. The third kappa shape index (κ3) is 3.25. The zero-order chi connectivity index (χ0) is 17.4. The molecule has 3 aromatic rings. The molecule has 0 amide bonds. The Kier molecular flexibility index (Phi) is 3.96. The number of thiazole rings is 1. The van der Waals surface area contributed by atoms with E-state index in [4.69, 9.17) is 0 Å². The summed E-state index contributed by atoms with van der Waals surface area (Å²) in [6, 6.07) is 2.03. The lowest BCUT2D eigenvalue weighted by Gasteiger charge is -2.03. The molecule has 130 valence electrons. The minimum absolute atomic E-state index is 0.152. The van der Waals surface area contributed by atoms with E-state index < -0.39 is 6.67 Å². The highest BCUT2D eigenvalue weighted by molar-refractivity contribution is 7.10. The second kappa shape index (κ2) is 6.28. The summed E-state index contributed by atoms with van der Waals surface area (Å²) in [6.07, 6.45) is 5.31. The van der Waals surface area contributed by atoms with Crippen molar-refractivity contribution in [2.75, 3.05) is 18.5 Å². The molecule has 0 aliphatic heterocycles. The Balaban J connectivity index is 1.91. The van der Waals surface area contributed by atoms with Gasteiger partial charge < -0.3 is 10.4 Å². The number of anilines is 1.